The van der Waals surface area contributed by atoms with Crippen LogP contribution >= 0.6 is 0 Å². The molecule has 146 valence electrons. The van der Waals surface area contributed by atoms with E-state index in [-0.39, 0.29) is 31.1 Å². The van der Waals surface area contributed by atoms with Crippen molar-refractivity contribution in [3.8, 4) is 5.75 Å². The molecule has 1 N–H and O–H groups in total. The molecule has 1 atom stereocenters. The quantitative estimate of drug-likeness (QED) is 0.706. The first kappa shape index (κ1) is 20.7. The highest BCUT2D eigenvalue weighted by Gasteiger charge is 2.25. The molecule has 8 heteroatoms. The minimum Gasteiger partial charge on any atom is -0.491 e. The van der Waals surface area contributed by atoms with Crippen LogP contribution in [-0.2, 0) is 19.6 Å². The number of rotatable bonds is 9. The highest BCUT2D eigenvalue weighted by atomic mass is 32.2. The molecule has 1 aliphatic heterocycles. The number of hydrogen-bond acceptors (Lipinski definition) is 5. The van der Waals surface area contributed by atoms with E-state index in [1.807, 2.05) is 13.8 Å². The van der Waals surface area contributed by atoms with Crippen molar-refractivity contribution in [2.24, 2.45) is 0 Å². The first-order chi connectivity index (χ1) is 12.2. The molecule has 2 rings (SSSR count). The number of amides is 1. The van der Waals surface area contributed by atoms with Crippen molar-refractivity contribution in [2.75, 3.05) is 31.3 Å². The molecule has 1 aliphatic rings. The van der Waals surface area contributed by atoms with Crippen molar-refractivity contribution >= 4 is 21.6 Å². The van der Waals surface area contributed by atoms with Gasteiger partial charge in [-0.15, -0.1) is 0 Å². The lowest BCUT2D eigenvalue weighted by molar-refractivity contribution is -0.116. The Morgan fingerprint density at radius 1 is 1.35 bits per heavy atom. The molecular weight excluding hydrogens is 356 g/mol. The Morgan fingerprint density at radius 2 is 2.04 bits per heavy atom. The maximum atomic E-state index is 12.1. The number of carbonyl (C=O) groups is 1. The van der Waals surface area contributed by atoms with E-state index in [9.17, 15) is 13.2 Å². The first-order valence-electron chi connectivity index (χ1n) is 8.87. The lowest BCUT2D eigenvalue weighted by Crippen LogP contribution is -2.38. The van der Waals surface area contributed by atoms with Crippen molar-refractivity contribution < 1.29 is 22.7 Å². The van der Waals surface area contributed by atoms with Crippen molar-refractivity contribution in [2.45, 2.75) is 45.3 Å². The fourth-order valence-electron chi connectivity index (χ4n) is 2.75. The zero-order valence-electron chi connectivity index (χ0n) is 15.6. The summed E-state index contributed by atoms with van der Waals surface area (Å²) in [5.41, 5.74) is 0.649. The Balaban J connectivity index is 1.85. The van der Waals surface area contributed by atoms with E-state index in [0.717, 1.165) is 24.8 Å². The van der Waals surface area contributed by atoms with Crippen molar-refractivity contribution in [1.82, 2.24) is 4.31 Å². The molecular formula is C18H28N2O5S. The van der Waals surface area contributed by atoms with Crippen LogP contribution in [0.25, 0.3) is 0 Å². The summed E-state index contributed by atoms with van der Waals surface area (Å²) in [7, 11) is -3.38. The largest absolute Gasteiger partial charge is 0.491 e. The predicted molar refractivity (Wildman–Crippen MR) is 101 cm³/mol. The van der Waals surface area contributed by atoms with Gasteiger partial charge in [-0.3, -0.25) is 4.79 Å². The molecule has 26 heavy (non-hydrogen) atoms. The van der Waals surface area contributed by atoms with E-state index in [1.165, 1.54) is 4.31 Å². The summed E-state index contributed by atoms with van der Waals surface area (Å²) in [5, 5.41) is 2.78. The smallest absolute Gasteiger partial charge is 0.225 e. The van der Waals surface area contributed by atoms with Crippen LogP contribution < -0.4 is 10.1 Å². The Hall–Kier alpha value is -1.64. The van der Waals surface area contributed by atoms with E-state index in [2.05, 4.69) is 5.32 Å². The molecule has 1 saturated heterocycles. The fraction of sp³-hybridized carbons (Fsp3) is 0.611. The molecule has 0 aliphatic carbocycles. The molecule has 0 spiro atoms. The second-order valence-electron chi connectivity index (χ2n) is 6.75. The van der Waals surface area contributed by atoms with Crippen molar-refractivity contribution in [3.05, 3.63) is 24.3 Å². The van der Waals surface area contributed by atoms with Gasteiger partial charge in [-0.05, 0) is 51.0 Å². The van der Waals surface area contributed by atoms with Gasteiger partial charge in [-0.1, -0.05) is 0 Å². The molecule has 1 heterocycles. The SMILES string of the molecule is CC(C)Oc1ccc(NC(=O)CCN(CC2CCCO2)S(C)(=O)=O)cc1. The van der Waals surface area contributed by atoms with E-state index in [1.54, 1.807) is 24.3 Å². The molecule has 0 aromatic heterocycles. The van der Waals surface area contributed by atoms with Gasteiger partial charge >= 0.3 is 0 Å². The van der Waals surface area contributed by atoms with Crippen LogP contribution in [0.3, 0.4) is 0 Å². The minimum absolute atomic E-state index is 0.0821. The van der Waals surface area contributed by atoms with Gasteiger partial charge in [0.15, 0.2) is 0 Å². The summed E-state index contributed by atoms with van der Waals surface area (Å²) in [6.45, 7) is 4.99. The molecule has 0 bridgehead atoms. The maximum absolute atomic E-state index is 12.1. The van der Waals surface area contributed by atoms with Gasteiger partial charge in [0.05, 0.1) is 18.5 Å². The summed E-state index contributed by atoms with van der Waals surface area (Å²) < 4.78 is 36.3. The average molecular weight is 384 g/mol. The molecule has 0 saturated carbocycles. The lowest BCUT2D eigenvalue weighted by Gasteiger charge is -2.22. The second-order valence-corrected chi connectivity index (χ2v) is 8.73. The van der Waals surface area contributed by atoms with E-state index < -0.39 is 10.0 Å². The van der Waals surface area contributed by atoms with Gasteiger partial charge in [0.1, 0.15) is 5.75 Å². The highest BCUT2D eigenvalue weighted by Crippen LogP contribution is 2.18. The highest BCUT2D eigenvalue weighted by molar-refractivity contribution is 7.88. The number of carbonyl (C=O) groups excluding carboxylic acids is 1. The first-order valence-corrected chi connectivity index (χ1v) is 10.7. The number of nitrogens with zero attached hydrogens (tertiary/aromatic N) is 1. The summed E-state index contributed by atoms with van der Waals surface area (Å²) >= 11 is 0. The third-order valence-corrected chi connectivity index (χ3v) is 5.27. The third kappa shape index (κ3) is 6.93. The normalized spacial score (nSPS) is 17.7. The molecule has 1 aromatic rings. The zero-order valence-corrected chi connectivity index (χ0v) is 16.4. The van der Waals surface area contributed by atoms with Gasteiger partial charge in [-0.2, -0.15) is 4.31 Å². The molecule has 1 unspecified atom stereocenters. The van der Waals surface area contributed by atoms with Gasteiger partial charge in [0.2, 0.25) is 15.9 Å². The summed E-state index contributed by atoms with van der Waals surface area (Å²) in [6.07, 6.45) is 3.04. The molecule has 1 fully saturated rings. The number of sulfonamides is 1. The Morgan fingerprint density at radius 3 is 2.58 bits per heavy atom. The van der Waals surface area contributed by atoms with Crippen LogP contribution in [-0.4, -0.2) is 56.8 Å². The van der Waals surface area contributed by atoms with Crippen LogP contribution in [0.2, 0.25) is 0 Å². The van der Waals surface area contributed by atoms with Crippen molar-refractivity contribution in [1.29, 1.82) is 0 Å². The standard InChI is InChI=1S/C18H28N2O5S/c1-14(2)25-16-8-6-15(7-9-16)19-18(21)10-11-20(26(3,22)23)13-17-5-4-12-24-17/h6-9,14,17H,4-5,10-13H2,1-3H3,(H,19,21). The summed E-state index contributed by atoms with van der Waals surface area (Å²) in [5.74, 6) is 0.501. The molecule has 7 nitrogen and oxygen atoms in total. The molecule has 1 amide bonds. The maximum Gasteiger partial charge on any atom is 0.225 e. The minimum atomic E-state index is -3.38. The second kappa shape index (κ2) is 9.34. The van der Waals surface area contributed by atoms with Crippen molar-refractivity contribution in [3.63, 3.8) is 0 Å². The number of anilines is 1. The third-order valence-electron chi connectivity index (χ3n) is 4.00. The molecule has 0 radical (unpaired) electrons. The predicted octanol–water partition coefficient (Wildman–Crippen LogP) is 2.24. The number of nitrogens with one attached hydrogen (secondary N) is 1. The van der Waals surface area contributed by atoms with E-state index in [0.29, 0.717) is 18.8 Å². The lowest BCUT2D eigenvalue weighted by atomic mass is 10.2. The van der Waals surface area contributed by atoms with Gasteiger partial charge in [0.25, 0.3) is 0 Å². The van der Waals surface area contributed by atoms with Gasteiger partial charge < -0.3 is 14.8 Å². The number of hydrogen-bond donors (Lipinski definition) is 1. The van der Waals surface area contributed by atoms with Crippen LogP contribution in [0.4, 0.5) is 5.69 Å². The Kier molecular flexibility index (Phi) is 7.43. The number of ether oxygens (including phenoxy) is 2. The monoisotopic (exact) mass is 384 g/mol. The van der Waals surface area contributed by atoms with Crippen LogP contribution in [0, 0.1) is 0 Å². The molecule has 1 aromatic carbocycles. The van der Waals surface area contributed by atoms with E-state index >= 15 is 0 Å². The van der Waals surface area contributed by atoms with Crippen LogP contribution in [0.5, 0.6) is 5.75 Å². The topological polar surface area (TPSA) is 84.9 Å². The summed E-state index contributed by atoms with van der Waals surface area (Å²) in [6, 6.07) is 7.10. The Bertz CT molecular complexity index is 682. The number of benzene rings is 1. The van der Waals surface area contributed by atoms with Gasteiger partial charge in [0, 0.05) is 31.8 Å². The summed E-state index contributed by atoms with van der Waals surface area (Å²) in [4.78, 5) is 12.1. The van der Waals surface area contributed by atoms with E-state index in [4.69, 9.17) is 9.47 Å². The van der Waals surface area contributed by atoms with Crippen LogP contribution in [0.1, 0.15) is 33.1 Å². The fourth-order valence-corrected chi connectivity index (χ4v) is 3.61. The Labute approximate surface area is 155 Å². The van der Waals surface area contributed by atoms with Crippen LogP contribution in [0.15, 0.2) is 24.3 Å². The van der Waals surface area contributed by atoms with Gasteiger partial charge in [-0.25, -0.2) is 8.42 Å². The average Bonchev–Trinajstić information content (AvgIpc) is 3.05. The zero-order chi connectivity index (χ0) is 19.2.